The molecule has 0 unspecified atom stereocenters. The molecule has 0 aromatic heterocycles. The molecule has 1 aromatic rings. The van der Waals surface area contributed by atoms with Crippen LogP contribution < -0.4 is 37.2 Å². The molecule has 7 heteroatoms. The van der Waals surface area contributed by atoms with Crippen LogP contribution in [0.5, 0.6) is 5.75 Å². The van der Waals surface area contributed by atoms with Crippen molar-refractivity contribution in [2.75, 3.05) is 0 Å². The van der Waals surface area contributed by atoms with E-state index in [0.717, 1.165) is 0 Å². The summed E-state index contributed by atoms with van der Waals surface area (Å²) < 4.78 is 0. The van der Waals surface area contributed by atoms with Gasteiger partial charge in [-0.05, 0) is 12.1 Å². The summed E-state index contributed by atoms with van der Waals surface area (Å²) in [4.78, 5) is 2.90. The molecule has 1 N–H and O–H groups in total. The van der Waals surface area contributed by atoms with Gasteiger partial charge in [0.15, 0.2) is 4.98 Å². The molecule has 0 saturated heterocycles. The van der Waals surface area contributed by atoms with Crippen molar-refractivity contribution in [3.63, 3.8) is 0 Å². The normalized spacial score (nSPS) is 5.77. The van der Waals surface area contributed by atoms with E-state index in [9.17, 15) is 0 Å². The van der Waals surface area contributed by atoms with Crippen LogP contribution in [0.15, 0.2) is 24.3 Å². The maximum atomic E-state index is 8.73. The minimum atomic E-state index is 0. The Hall–Kier alpha value is -0.0666. The molecule has 0 saturated carbocycles. The number of phenols is 1. The number of nitrogens with zero attached hydrogens (tertiary/aromatic N) is 2. The van der Waals surface area contributed by atoms with Crippen LogP contribution in [-0.4, -0.2) is 5.11 Å². The molecule has 0 aliphatic heterocycles. The largest absolute Gasteiger partial charge is 2.00 e. The number of hydrogen-bond acceptors (Lipinski definition) is 2. The molecule has 0 atom stereocenters. The van der Waals surface area contributed by atoms with Crippen molar-refractivity contribution in [3.8, 4) is 5.75 Å². The number of phenolic OH excluding ortho intramolecular Hbond substituents is 1. The predicted octanol–water partition coefficient (Wildman–Crippen LogP) is -7.11. The van der Waals surface area contributed by atoms with E-state index >= 15 is 0 Å². The number of hydrogen-bond donors (Lipinski definition) is 1. The van der Waals surface area contributed by atoms with Crippen molar-refractivity contribution >= 4 is 5.69 Å². The second-order valence-electron chi connectivity index (χ2n) is 1.62. The predicted molar refractivity (Wildman–Crippen MR) is 32.9 cm³/mol. The van der Waals surface area contributed by atoms with Gasteiger partial charge in [-0.1, -0.05) is 0 Å². The third-order valence-corrected chi connectivity index (χ3v) is 0.965. The van der Waals surface area contributed by atoms with Crippen molar-refractivity contribution in [2.24, 2.45) is 0 Å². The Bertz CT molecular complexity index is 249. The van der Waals surface area contributed by atoms with E-state index in [-0.39, 0.29) is 62.4 Å². The monoisotopic (exact) mass is 290 g/mol. The van der Waals surface area contributed by atoms with Crippen LogP contribution >= 0.6 is 0 Å². The first-order valence-corrected chi connectivity index (χ1v) is 2.47. The second kappa shape index (κ2) is 11.9. The standard InChI is InChI=1S/C6H4N2O.3ClH.Zn/c7-8-5-1-3-6(9)4-2-5;;;;/h1-4H;3*1H;/q;;;;+2/p-2. The van der Waals surface area contributed by atoms with E-state index < -0.39 is 0 Å². The van der Waals surface area contributed by atoms with E-state index in [4.69, 9.17) is 10.5 Å². The Kier molecular flexibility index (Phi) is 21.2. The molecule has 0 amide bonds. The van der Waals surface area contributed by atoms with Crippen molar-refractivity contribution in [1.82, 2.24) is 0 Å². The summed E-state index contributed by atoms with van der Waals surface area (Å²) in [6.07, 6.45) is 0. The minimum Gasteiger partial charge on any atom is -1.00 e. The molecule has 3 nitrogen and oxygen atoms in total. The molecule has 0 aliphatic carbocycles. The third kappa shape index (κ3) is 8.27. The minimum absolute atomic E-state index is 0. The van der Waals surface area contributed by atoms with Gasteiger partial charge in [-0.25, -0.2) is 0 Å². The maximum Gasteiger partial charge on any atom is 2.00 e. The Balaban J connectivity index is -0.000000101. The SMILES string of the molecule is N#[N+]c1ccc(O)cc1.[Cl-].[Cl-].[Cl-].[Zn+2]. The zero-order chi connectivity index (χ0) is 6.69. The van der Waals surface area contributed by atoms with Gasteiger partial charge in [-0.3, -0.25) is 0 Å². The number of diazo groups is 1. The van der Waals surface area contributed by atoms with Gasteiger partial charge in [0.25, 0.3) is 0 Å². The van der Waals surface area contributed by atoms with Crippen LogP contribution in [0.2, 0.25) is 0 Å². The van der Waals surface area contributed by atoms with Crippen molar-refractivity contribution in [1.29, 1.82) is 5.39 Å². The summed E-state index contributed by atoms with van der Waals surface area (Å²) in [5.74, 6) is 0.169. The summed E-state index contributed by atoms with van der Waals surface area (Å²) >= 11 is 0. The molecule has 0 radical (unpaired) electrons. The maximum absolute atomic E-state index is 8.73. The third-order valence-electron chi connectivity index (χ3n) is 0.965. The van der Waals surface area contributed by atoms with Gasteiger partial charge >= 0.3 is 25.2 Å². The Morgan fingerprint density at radius 3 is 1.69 bits per heavy atom. The molecule has 1 aromatic carbocycles. The molecule has 0 fully saturated rings. The van der Waals surface area contributed by atoms with Gasteiger partial charge in [0.1, 0.15) is 5.75 Å². The van der Waals surface area contributed by atoms with Gasteiger partial charge < -0.3 is 42.3 Å². The zero-order valence-corrected chi connectivity index (χ0v) is 11.7. The average Bonchev–Trinajstić information content (AvgIpc) is 1.90. The number of aromatic hydroxyl groups is 1. The number of halogens is 3. The summed E-state index contributed by atoms with van der Waals surface area (Å²) in [7, 11) is 0. The van der Waals surface area contributed by atoms with E-state index in [1.165, 1.54) is 24.3 Å². The van der Waals surface area contributed by atoms with E-state index in [1.807, 2.05) is 0 Å². The number of benzene rings is 1. The number of rotatable bonds is 0. The van der Waals surface area contributed by atoms with Gasteiger partial charge in [-0.2, -0.15) is 0 Å². The van der Waals surface area contributed by atoms with Gasteiger partial charge in [0, 0.05) is 12.1 Å². The molecular weight excluding hydrogens is 288 g/mol. The van der Waals surface area contributed by atoms with E-state index in [1.54, 1.807) is 0 Å². The van der Waals surface area contributed by atoms with Gasteiger partial charge in [0.05, 0.1) is 0 Å². The molecule has 68 valence electrons. The topological polar surface area (TPSA) is 48.4 Å². The first kappa shape index (κ1) is 23.1. The molecule has 1 rings (SSSR count). The second-order valence-corrected chi connectivity index (χ2v) is 1.62. The Morgan fingerprint density at radius 2 is 1.38 bits per heavy atom. The van der Waals surface area contributed by atoms with E-state index in [2.05, 4.69) is 4.98 Å². The molecular formula is C6H5Cl3N2OZn. The van der Waals surface area contributed by atoms with Gasteiger partial charge in [0.2, 0.25) is 5.39 Å². The molecule has 0 bridgehead atoms. The van der Waals surface area contributed by atoms with Crippen molar-refractivity contribution in [3.05, 3.63) is 29.2 Å². The summed E-state index contributed by atoms with van der Waals surface area (Å²) in [6.45, 7) is 0. The van der Waals surface area contributed by atoms with Crippen molar-refractivity contribution in [2.45, 2.75) is 0 Å². The van der Waals surface area contributed by atoms with Crippen LogP contribution in [0.3, 0.4) is 0 Å². The smallest absolute Gasteiger partial charge is 1.00 e. The van der Waals surface area contributed by atoms with Crippen LogP contribution in [0, 0.1) is 5.39 Å². The zero-order valence-electron chi connectivity index (χ0n) is 6.49. The summed E-state index contributed by atoms with van der Waals surface area (Å²) in [6, 6.07) is 5.93. The van der Waals surface area contributed by atoms with Crippen molar-refractivity contribution < 1.29 is 61.8 Å². The molecule has 13 heavy (non-hydrogen) atoms. The fourth-order valence-electron chi connectivity index (χ4n) is 0.519. The van der Waals surface area contributed by atoms with Crippen LogP contribution in [0.1, 0.15) is 0 Å². The van der Waals surface area contributed by atoms with Crippen LogP contribution in [0.4, 0.5) is 5.69 Å². The first-order chi connectivity index (χ1) is 4.33. The fourth-order valence-corrected chi connectivity index (χ4v) is 0.519. The Morgan fingerprint density at radius 1 is 1.00 bits per heavy atom. The quantitative estimate of drug-likeness (QED) is 0.382. The fraction of sp³-hybridized carbons (Fsp3) is 0. The molecule has 0 spiro atoms. The molecule has 0 heterocycles. The summed E-state index contributed by atoms with van der Waals surface area (Å²) in [5, 5.41) is 16.9. The molecule has 0 aliphatic rings. The van der Waals surface area contributed by atoms with Gasteiger partial charge in [-0.15, -0.1) is 0 Å². The first-order valence-electron chi connectivity index (χ1n) is 2.47. The van der Waals surface area contributed by atoms with Crippen LogP contribution in [-0.2, 0) is 19.5 Å². The average molecular weight is 293 g/mol. The summed E-state index contributed by atoms with van der Waals surface area (Å²) in [5.41, 5.74) is 0.438. The Labute approximate surface area is 108 Å². The van der Waals surface area contributed by atoms with Crippen LogP contribution in [0.25, 0.3) is 4.98 Å². The van der Waals surface area contributed by atoms with E-state index in [0.29, 0.717) is 5.69 Å².